The van der Waals surface area contributed by atoms with Crippen LogP contribution in [0.5, 0.6) is 11.5 Å². The molecule has 0 fully saturated rings. The Morgan fingerprint density at radius 1 is 1.15 bits per heavy atom. The van der Waals surface area contributed by atoms with Gasteiger partial charge in [-0.25, -0.2) is 0 Å². The molecule has 0 unspecified atom stereocenters. The van der Waals surface area contributed by atoms with Gasteiger partial charge in [0.2, 0.25) is 5.91 Å². The van der Waals surface area contributed by atoms with Crippen LogP contribution >= 0.6 is 15.9 Å². The van der Waals surface area contributed by atoms with Crippen LogP contribution in [0.1, 0.15) is 19.4 Å². The maximum atomic E-state index is 12.6. The van der Waals surface area contributed by atoms with Crippen molar-refractivity contribution < 1.29 is 14.3 Å². The summed E-state index contributed by atoms with van der Waals surface area (Å²) in [6, 6.07) is 14.1. The predicted molar refractivity (Wildman–Crippen MR) is 106 cm³/mol. The molecule has 1 heterocycles. The fourth-order valence-corrected chi connectivity index (χ4v) is 3.19. The molecule has 0 spiro atoms. The number of hydrogen-bond donors (Lipinski definition) is 1. The van der Waals surface area contributed by atoms with Crippen molar-refractivity contribution in [3.05, 3.63) is 52.5 Å². The molecule has 3 rings (SSSR count). The molecule has 0 aliphatic carbocycles. The number of halogens is 1. The number of fused-ring (bicyclic) bond motifs is 1. The van der Waals surface area contributed by atoms with E-state index in [2.05, 4.69) is 52.1 Å². The number of ether oxygens (including phenoxy) is 2. The lowest BCUT2D eigenvalue weighted by Crippen LogP contribution is -2.37. The van der Waals surface area contributed by atoms with Crippen LogP contribution in [0.2, 0.25) is 0 Å². The SMILES string of the molecule is CC(C)N(CC(=O)Nc1cc2c(cc1Br)OCCO2)Cc1ccccc1. The molecule has 1 amide bonds. The molecular formula is C20H23BrN2O3. The Labute approximate surface area is 162 Å². The molecule has 26 heavy (non-hydrogen) atoms. The third-order valence-corrected chi connectivity index (χ3v) is 4.87. The van der Waals surface area contributed by atoms with Gasteiger partial charge in [0, 0.05) is 29.2 Å². The van der Waals surface area contributed by atoms with Crippen molar-refractivity contribution in [1.29, 1.82) is 0 Å². The zero-order valence-electron chi connectivity index (χ0n) is 15.0. The summed E-state index contributed by atoms with van der Waals surface area (Å²) < 4.78 is 11.9. The number of amides is 1. The number of nitrogens with zero attached hydrogens (tertiary/aromatic N) is 1. The fourth-order valence-electron chi connectivity index (χ4n) is 2.77. The second-order valence-corrected chi connectivity index (χ2v) is 7.36. The monoisotopic (exact) mass is 418 g/mol. The maximum Gasteiger partial charge on any atom is 0.238 e. The van der Waals surface area contributed by atoms with Crippen molar-refractivity contribution in [1.82, 2.24) is 4.90 Å². The summed E-state index contributed by atoms with van der Waals surface area (Å²) in [5.74, 6) is 1.28. The van der Waals surface area contributed by atoms with E-state index in [4.69, 9.17) is 9.47 Å². The lowest BCUT2D eigenvalue weighted by molar-refractivity contribution is -0.117. The molecule has 5 nitrogen and oxygen atoms in total. The lowest BCUT2D eigenvalue weighted by atomic mass is 10.2. The number of nitrogens with one attached hydrogen (secondary N) is 1. The van der Waals surface area contributed by atoms with Crippen LogP contribution in [0.15, 0.2) is 46.9 Å². The van der Waals surface area contributed by atoms with Gasteiger partial charge in [-0.05, 0) is 35.3 Å². The zero-order valence-corrected chi connectivity index (χ0v) is 16.6. The molecule has 0 saturated heterocycles. The van der Waals surface area contributed by atoms with Crippen molar-refractivity contribution >= 4 is 27.5 Å². The normalized spacial score (nSPS) is 13.1. The van der Waals surface area contributed by atoms with Gasteiger partial charge in [0.15, 0.2) is 11.5 Å². The number of benzene rings is 2. The van der Waals surface area contributed by atoms with Gasteiger partial charge in [-0.2, -0.15) is 0 Å². The highest BCUT2D eigenvalue weighted by atomic mass is 79.9. The van der Waals surface area contributed by atoms with Crippen LogP contribution in [0.3, 0.4) is 0 Å². The third-order valence-electron chi connectivity index (χ3n) is 4.21. The number of anilines is 1. The average molecular weight is 419 g/mol. The molecule has 2 aromatic rings. The molecule has 1 N–H and O–H groups in total. The van der Waals surface area contributed by atoms with Crippen LogP contribution in [-0.4, -0.2) is 36.6 Å². The number of hydrogen-bond acceptors (Lipinski definition) is 4. The first-order valence-electron chi connectivity index (χ1n) is 8.70. The van der Waals surface area contributed by atoms with E-state index in [1.807, 2.05) is 24.3 Å². The molecule has 0 bridgehead atoms. The van der Waals surface area contributed by atoms with E-state index in [0.717, 1.165) is 11.0 Å². The zero-order chi connectivity index (χ0) is 18.5. The van der Waals surface area contributed by atoms with Gasteiger partial charge >= 0.3 is 0 Å². The first-order valence-corrected chi connectivity index (χ1v) is 9.49. The van der Waals surface area contributed by atoms with Gasteiger partial charge in [0.05, 0.1) is 12.2 Å². The molecule has 2 aromatic carbocycles. The Kier molecular flexibility index (Phi) is 6.16. The molecule has 0 radical (unpaired) electrons. The van der Waals surface area contributed by atoms with Gasteiger partial charge in [-0.1, -0.05) is 30.3 Å². The molecule has 0 aromatic heterocycles. The average Bonchev–Trinajstić information content (AvgIpc) is 2.62. The van der Waals surface area contributed by atoms with Gasteiger partial charge in [0.25, 0.3) is 0 Å². The third kappa shape index (κ3) is 4.77. The van der Waals surface area contributed by atoms with E-state index < -0.39 is 0 Å². The van der Waals surface area contributed by atoms with Crippen LogP contribution in [-0.2, 0) is 11.3 Å². The smallest absolute Gasteiger partial charge is 0.238 e. The summed E-state index contributed by atoms with van der Waals surface area (Å²) in [5.41, 5.74) is 1.87. The Balaban J connectivity index is 1.67. The highest BCUT2D eigenvalue weighted by Crippen LogP contribution is 2.38. The molecular weight excluding hydrogens is 396 g/mol. The van der Waals surface area contributed by atoms with Crippen molar-refractivity contribution in [2.75, 3.05) is 25.1 Å². The van der Waals surface area contributed by atoms with Crippen molar-refractivity contribution in [3.8, 4) is 11.5 Å². The van der Waals surface area contributed by atoms with E-state index in [1.165, 1.54) is 5.56 Å². The van der Waals surface area contributed by atoms with E-state index in [1.54, 1.807) is 6.07 Å². The van der Waals surface area contributed by atoms with E-state index >= 15 is 0 Å². The highest BCUT2D eigenvalue weighted by molar-refractivity contribution is 9.10. The minimum Gasteiger partial charge on any atom is -0.486 e. The standard InChI is InChI=1S/C20H23BrN2O3/c1-14(2)23(12-15-6-4-3-5-7-15)13-20(24)22-17-11-19-18(10-16(17)21)25-8-9-26-19/h3-7,10-11,14H,8-9,12-13H2,1-2H3,(H,22,24). The summed E-state index contributed by atoms with van der Waals surface area (Å²) in [4.78, 5) is 14.7. The Hall–Kier alpha value is -2.05. The topological polar surface area (TPSA) is 50.8 Å². The summed E-state index contributed by atoms with van der Waals surface area (Å²) >= 11 is 3.49. The van der Waals surface area contributed by atoms with Crippen molar-refractivity contribution in [2.45, 2.75) is 26.4 Å². The summed E-state index contributed by atoms with van der Waals surface area (Å²) in [5, 5.41) is 2.97. The van der Waals surface area contributed by atoms with Crippen LogP contribution in [0.4, 0.5) is 5.69 Å². The summed E-state index contributed by atoms with van der Waals surface area (Å²) in [7, 11) is 0. The van der Waals surface area contributed by atoms with Crippen LogP contribution in [0, 0.1) is 0 Å². The predicted octanol–water partition coefficient (Wildman–Crippen LogP) is 4.07. The quantitative estimate of drug-likeness (QED) is 0.767. The van der Waals surface area contributed by atoms with Crippen LogP contribution in [0.25, 0.3) is 0 Å². The Morgan fingerprint density at radius 2 is 1.81 bits per heavy atom. The highest BCUT2D eigenvalue weighted by Gasteiger charge is 2.18. The Bertz CT molecular complexity index is 765. The van der Waals surface area contributed by atoms with Gasteiger partial charge in [0.1, 0.15) is 13.2 Å². The van der Waals surface area contributed by atoms with E-state index in [9.17, 15) is 4.79 Å². The molecule has 1 aliphatic rings. The lowest BCUT2D eigenvalue weighted by Gasteiger charge is -2.26. The van der Waals surface area contributed by atoms with Gasteiger partial charge in [-0.15, -0.1) is 0 Å². The maximum absolute atomic E-state index is 12.6. The second kappa shape index (κ2) is 8.56. The fraction of sp³-hybridized carbons (Fsp3) is 0.350. The summed E-state index contributed by atoms with van der Waals surface area (Å²) in [6.07, 6.45) is 0. The van der Waals surface area contributed by atoms with Crippen molar-refractivity contribution in [2.24, 2.45) is 0 Å². The van der Waals surface area contributed by atoms with E-state index in [0.29, 0.717) is 36.9 Å². The second-order valence-electron chi connectivity index (χ2n) is 6.51. The first kappa shape index (κ1) is 18.7. The Morgan fingerprint density at radius 3 is 2.46 bits per heavy atom. The minimum atomic E-state index is -0.0630. The van der Waals surface area contributed by atoms with E-state index in [-0.39, 0.29) is 11.9 Å². The van der Waals surface area contributed by atoms with Gasteiger partial charge in [-0.3, -0.25) is 9.69 Å². The number of carbonyl (C=O) groups excluding carboxylic acids is 1. The molecule has 1 aliphatic heterocycles. The number of carbonyl (C=O) groups is 1. The van der Waals surface area contributed by atoms with Crippen LogP contribution < -0.4 is 14.8 Å². The van der Waals surface area contributed by atoms with Gasteiger partial charge < -0.3 is 14.8 Å². The summed E-state index contributed by atoms with van der Waals surface area (Å²) in [6.45, 7) is 6.28. The molecule has 0 atom stereocenters. The number of rotatable bonds is 6. The van der Waals surface area contributed by atoms with Crippen molar-refractivity contribution in [3.63, 3.8) is 0 Å². The first-order chi connectivity index (χ1) is 12.5. The molecule has 6 heteroatoms. The molecule has 0 saturated carbocycles. The molecule has 138 valence electrons. The minimum absolute atomic E-state index is 0.0630. The largest absolute Gasteiger partial charge is 0.486 e.